The standard InChI is InChI=1S/C26H23Cl2F2N3O3/c1-16(34)14-32-11-9-19(10-12-32)36-31-25(20-7-6-18(29)13-23(20)30)17-5-8-24(35)33(15-17)26-21(27)3-2-4-22(26)28/h2-8,13,15,19H,9-12,14H2,1H3/b31-25+. The molecule has 0 bridgehead atoms. The fourth-order valence-electron chi connectivity index (χ4n) is 4.07. The van der Waals surface area contributed by atoms with Crippen molar-refractivity contribution in [2.24, 2.45) is 5.16 Å². The smallest absolute Gasteiger partial charge is 0.255 e. The molecule has 4 rings (SSSR count). The predicted octanol–water partition coefficient (Wildman–Crippen LogP) is 5.24. The first kappa shape index (κ1) is 26.0. The van der Waals surface area contributed by atoms with Gasteiger partial charge in [-0.2, -0.15) is 0 Å². The molecule has 36 heavy (non-hydrogen) atoms. The molecule has 0 saturated carbocycles. The Hall–Kier alpha value is -3.07. The second-order valence-electron chi connectivity index (χ2n) is 8.54. The number of hydrogen-bond donors (Lipinski definition) is 0. The zero-order valence-corrected chi connectivity index (χ0v) is 20.9. The summed E-state index contributed by atoms with van der Waals surface area (Å²) in [5, 5.41) is 4.76. The van der Waals surface area contributed by atoms with E-state index in [0.29, 0.717) is 38.0 Å². The summed E-state index contributed by atoms with van der Waals surface area (Å²) < 4.78 is 29.7. The molecular weight excluding hydrogens is 511 g/mol. The molecule has 1 saturated heterocycles. The highest BCUT2D eigenvalue weighted by Gasteiger charge is 2.23. The van der Waals surface area contributed by atoms with Crippen molar-refractivity contribution < 1.29 is 18.4 Å². The SMILES string of the molecule is CC(=O)CN1CCC(O/N=C(\c2ccc(=O)n(-c3c(Cl)cccc3Cl)c2)c2ccc(F)cc2F)CC1. The van der Waals surface area contributed by atoms with Gasteiger partial charge < -0.3 is 4.84 Å². The molecule has 0 N–H and O–H groups in total. The number of hydrogen-bond acceptors (Lipinski definition) is 5. The second-order valence-corrected chi connectivity index (χ2v) is 9.36. The Labute approximate surface area is 216 Å². The van der Waals surface area contributed by atoms with Crippen LogP contribution in [0.4, 0.5) is 8.78 Å². The minimum Gasteiger partial charge on any atom is -0.392 e. The molecule has 188 valence electrons. The molecule has 0 unspecified atom stereocenters. The highest BCUT2D eigenvalue weighted by Crippen LogP contribution is 2.28. The van der Waals surface area contributed by atoms with Crippen molar-refractivity contribution in [2.45, 2.75) is 25.9 Å². The summed E-state index contributed by atoms with van der Waals surface area (Å²) in [5.41, 5.74) is 0.276. The van der Waals surface area contributed by atoms with Crippen molar-refractivity contribution in [1.29, 1.82) is 0 Å². The van der Waals surface area contributed by atoms with E-state index in [0.717, 1.165) is 12.1 Å². The lowest BCUT2D eigenvalue weighted by molar-refractivity contribution is -0.118. The Morgan fingerprint density at radius 3 is 2.42 bits per heavy atom. The number of benzene rings is 2. The van der Waals surface area contributed by atoms with Gasteiger partial charge in [-0.25, -0.2) is 8.78 Å². The molecule has 6 nitrogen and oxygen atoms in total. The molecule has 10 heteroatoms. The number of aromatic nitrogens is 1. The van der Waals surface area contributed by atoms with Gasteiger partial charge in [0.1, 0.15) is 29.2 Å². The molecule has 1 fully saturated rings. The maximum atomic E-state index is 14.8. The number of nitrogens with zero attached hydrogens (tertiary/aromatic N) is 3. The van der Waals surface area contributed by atoms with Gasteiger partial charge in [-0.05, 0) is 50.1 Å². The van der Waals surface area contributed by atoms with Gasteiger partial charge in [0.05, 0.1) is 22.3 Å². The van der Waals surface area contributed by atoms with Gasteiger partial charge in [-0.15, -0.1) is 0 Å². The molecule has 2 heterocycles. The van der Waals surface area contributed by atoms with Crippen molar-refractivity contribution in [3.8, 4) is 5.69 Å². The number of carbonyl (C=O) groups excluding carboxylic acids is 1. The molecule has 0 atom stereocenters. The van der Waals surface area contributed by atoms with Gasteiger partial charge in [0, 0.05) is 42.5 Å². The van der Waals surface area contributed by atoms with Crippen LogP contribution in [0.15, 0.2) is 64.7 Å². The number of rotatable bonds is 7. The van der Waals surface area contributed by atoms with E-state index < -0.39 is 17.2 Å². The maximum Gasteiger partial charge on any atom is 0.255 e. The second kappa shape index (κ2) is 11.3. The average molecular weight is 534 g/mol. The van der Waals surface area contributed by atoms with E-state index in [2.05, 4.69) is 5.16 Å². The summed E-state index contributed by atoms with van der Waals surface area (Å²) >= 11 is 12.6. The van der Waals surface area contributed by atoms with Gasteiger partial charge in [-0.3, -0.25) is 19.1 Å². The van der Waals surface area contributed by atoms with E-state index in [1.54, 1.807) is 25.1 Å². The Bertz CT molecular complexity index is 1350. The molecular formula is C26H23Cl2F2N3O3. The summed E-state index contributed by atoms with van der Waals surface area (Å²) in [5.74, 6) is -1.47. The zero-order valence-electron chi connectivity index (χ0n) is 19.4. The van der Waals surface area contributed by atoms with Crippen LogP contribution in [0.5, 0.6) is 0 Å². The number of halogens is 4. The molecule has 1 aliphatic rings. The summed E-state index contributed by atoms with van der Waals surface area (Å²) in [7, 11) is 0. The Morgan fingerprint density at radius 2 is 1.78 bits per heavy atom. The highest BCUT2D eigenvalue weighted by molar-refractivity contribution is 6.37. The van der Waals surface area contributed by atoms with E-state index >= 15 is 0 Å². The first-order valence-corrected chi connectivity index (χ1v) is 12.1. The molecule has 0 radical (unpaired) electrons. The van der Waals surface area contributed by atoms with Crippen LogP contribution in [0.25, 0.3) is 5.69 Å². The van der Waals surface area contributed by atoms with Gasteiger partial charge >= 0.3 is 0 Å². The lowest BCUT2D eigenvalue weighted by Crippen LogP contribution is -2.39. The van der Waals surface area contributed by atoms with E-state index in [1.807, 2.05) is 4.90 Å². The minimum atomic E-state index is -0.831. The van der Waals surface area contributed by atoms with Crippen molar-refractivity contribution in [1.82, 2.24) is 9.47 Å². The number of likely N-dealkylation sites (tertiary alicyclic amines) is 1. The highest BCUT2D eigenvalue weighted by atomic mass is 35.5. The van der Waals surface area contributed by atoms with Crippen LogP contribution < -0.4 is 5.56 Å². The third-order valence-electron chi connectivity index (χ3n) is 5.82. The zero-order chi connectivity index (χ0) is 25.8. The van der Waals surface area contributed by atoms with Crippen LogP contribution in [0, 0.1) is 11.6 Å². The third kappa shape index (κ3) is 6.00. The summed E-state index contributed by atoms with van der Waals surface area (Å²) in [4.78, 5) is 31.9. The van der Waals surface area contributed by atoms with Crippen LogP contribution in [-0.4, -0.2) is 46.7 Å². The molecule has 2 aromatic carbocycles. The van der Waals surface area contributed by atoms with E-state index in [4.69, 9.17) is 28.0 Å². The third-order valence-corrected chi connectivity index (χ3v) is 6.43. The number of pyridine rings is 1. The van der Waals surface area contributed by atoms with Gasteiger partial charge in [0.15, 0.2) is 0 Å². The Balaban J connectivity index is 1.71. The summed E-state index contributed by atoms with van der Waals surface area (Å²) in [6, 6.07) is 10.7. The van der Waals surface area contributed by atoms with Crippen LogP contribution in [0.2, 0.25) is 10.0 Å². The first-order chi connectivity index (χ1) is 17.2. The van der Waals surface area contributed by atoms with Crippen LogP contribution in [-0.2, 0) is 9.63 Å². The normalized spacial score (nSPS) is 15.2. The first-order valence-electron chi connectivity index (χ1n) is 11.3. The predicted molar refractivity (Wildman–Crippen MR) is 135 cm³/mol. The number of oxime groups is 1. The molecule has 0 spiro atoms. The fourth-order valence-corrected chi connectivity index (χ4v) is 4.65. The molecule has 1 aromatic heterocycles. The van der Waals surface area contributed by atoms with Crippen molar-refractivity contribution in [3.63, 3.8) is 0 Å². The molecule has 3 aromatic rings. The van der Waals surface area contributed by atoms with Crippen LogP contribution in [0.3, 0.4) is 0 Å². The topological polar surface area (TPSA) is 63.9 Å². The van der Waals surface area contributed by atoms with Crippen LogP contribution in [0.1, 0.15) is 30.9 Å². The Morgan fingerprint density at radius 1 is 1.08 bits per heavy atom. The van der Waals surface area contributed by atoms with Gasteiger partial charge in [0.2, 0.25) is 0 Å². The number of para-hydroxylation sites is 1. The maximum absolute atomic E-state index is 14.8. The summed E-state index contributed by atoms with van der Waals surface area (Å²) in [6.45, 7) is 3.26. The quantitative estimate of drug-likeness (QED) is 0.307. The largest absolute Gasteiger partial charge is 0.392 e. The molecule has 0 amide bonds. The van der Waals surface area contributed by atoms with Gasteiger partial charge in [0.25, 0.3) is 5.56 Å². The van der Waals surface area contributed by atoms with E-state index in [-0.39, 0.29) is 38.9 Å². The Kier molecular flexibility index (Phi) is 8.18. The van der Waals surface area contributed by atoms with Crippen molar-refractivity contribution >= 4 is 34.7 Å². The lowest BCUT2D eigenvalue weighted by Gasteiger charge is -2.29. The van der Waals surface area contributed by atoms with Crippen molar-refractivity contribution in [2.75, 3.05) is 19.6 Å². The lowest BCUT2D eigenvalue weighted by atomic mass is 10.0. The minimum absolute atomic E-state index is 0.000806. The number of carbonyl (C=O) groups is 1. The fraction of sp³-hybridized carbons (Fsp3) is 0.269. The number of Topliss-reactive ketones (excluding diaryl/α,β-unsaturated/α-hetero) is 1. The number of ketones is 1. The average Bonchev–Trinajstić information content (AvgIpc) is 2.82. The summed E-state index contributed by atoms with van der Waals surface area (Å²) in [6.07, 6.45) is 2.45. The van der Waals surface area contributed by atoms with Crippen LogP contribution >= 0.6 is 23.2 Å². The van der Waals surface area contributed by atoms with E-state index in [9.17, 15) is 18.4 Å². The molecule has 1 aliphatic heterocycles. The monoisotopic (exact) mass is 533 g/mol. The van der Waals surface area contributed by atoms with Gasteiger partial charge in [-0.1, -0.05) is 34.4 Å². The number of piperidine rings is 1. The molecule has 0 aliphatic carbocycles. The van der Waals surface area contributed by atoms with Crippen molar-refractivity contribution in [3.05, 3.63) is 97.9 Å². The van der Waals surface area contributed by atoms with E-state index in [1.165, 1.54) is 29.0 Å².